The molecular formula is C23H24F4N6O2. The first kappa shape index (κ1) is 25.8. The van der Waals surface area contributed by atoms with Gasteiger partial charge in [-0.15, -0.1) is 0 Å². The third kappa shape index (κ3) is 7.08. The van der Waals surface area contributed by atoms with Gasteiger partial charge in [0.2, 0.25) is 11.8 Å². The first-order valence-electron chi connectivity index (χ1n) is 10.9. The number of halogens is 4. The number of alkyl halides is 3. The third-order valence-electron chi connectivity index (χ3n) is 4.61. The number of nitrogens with one attached hydrogen (secondary N) is 2. The monoisotopic (exact) mass is 492 g/mol. The predicted octanol–water partition coefficient (Wildman–Crippen LogP) is 4.83. The van der Waals surface area contributed by atoms with Gasteiger partial charge in [0.15, 0.2) is 23.2 Å². The topological polar surface area (TPSA) is 104 Å². The van der Waals surface area contributed by atoms with Crippen LogP contribution in [0.1, 0.15) is 31.4 Å². The summed E-state index contributed by atoms with van der Waals surface area (Å²) in [4.78, 5) is 16.4. The lowest BCUT2D eigenvalue weighted by atomic mass is 10.1. The van der Waals surface area contributed by atoms with Gasteiger partial charge in [0.25, 0.3) is 0 Å². The number of aliphatic imine (C=N–C) groups is 3. The highest BCUT2D eigenvalue weighted by Gasteiger charge is 2.32. The molecule has 1 aliphatic rings. The van der Waals surface area contributed by atoms with Crippen molar-refractivity contribution in [3.05, 3.63) is 47.3 Å². The average molecular weight is 492 g/mol. The minimum absolute atomic E-state index is 0.0795. The van der Waals surface area contributed by atoms with Crippen LogP contribution in [0.5, 0.6) is 17.5 Å². The van der Waals surface area contributed by atoms with Crippen molar-refractivity contribution in [3.8, 4) is 17.5 Å². The van der Waals surface area contributed by atoms with Crippen molar-refractivity contribution in [1.82, 2.24) is 10.3 Å². The maximum absolute atomic E-state index is 14.6. The molecule has 0 fully saturated rings. The summed E-state index contributed by atoms with van der Waals surface area (Å²) in [6, 6.07) is 5.53. The summed E-state index contributed by atoms with van der Waals surface area (Å²) in [7, 11) is 0. The molecule has 0 saturated carbocycles. The number of benzene rings is 1. The molecule has 1 aliphatic heterocycles. The average Bonchev–Trinajstić information content (AvgIpc) is 2.80. The van der Waals surface area contributed by atoms with Crippen molar-refractivity contribution in [2.45, 2.75) is 32.9 Å². The van der Waals surface area contributed by atoms with Crippen LogP contribution in [0, 0.1) is 11.2 Å². The molecule has 2 N–H and O–H groups in total. The van der Waals surface area contributed by atoms with E-state index in [1.807, 2.05) is 6.92 Å². The van der Waals surface area contributed by atoms with E-state index in [0.717, 1.165) is 12.5 Å². The van der Waals surface area contributed by atoms with Crippen LogP contribution >= 0.6 is 0 Å². The van der Waals surface area contributed by atoms with E-state index in [0.29, 0.717) is 36.3 Å². The van der Waals surface area contributed by atoms with E-state index in [2.05, 4.69) is 25.3 Å². The number of aromatic nitrogens is 1. The standard InChI is InChI=1S/C23H24F4N6O2/c1-3-8-29-21-20(28)22(32-13-31-21)30-9-7-14-5-6-17(16(24)10-14)35-19-12-15(23(25,26)27)11-18(33-19)34-4-2/h5-6,10-13,28H,3-4,7-9H2,1-2H3,(H,29,30,31,32). The number of hydrogen-bond donors (Lipinski definition) is 2. The maximum atomic E-state index is 14.6. The second-order valence-electron chi connectivity index (χ2n) is 7.29. The lowest BCUT2D eigenvalue weighted by molar-refractivity contribution is -0.137. The van der Waals surface area contributed by atoms with Crippen molar-refractivity contribution in [3.63, 3.8) is 0 Å². The van der Waals surface area contributed by atoms with Crippen LogP contribution in [-0.4, -0.2) is 48.4 Å². The summed E-state index contributed by atoms with van der Waals surface area (Å²) in [6.45, 7) is 4.49. The van der Waals surface area contributed by atoms with Gasteiger partial charge in [0.05, 0.1) is 18.5 Å². The quantitative estimate of drug-likeness (QED) is 0.489. The molecule has 0 atom stereocenters. The number of pyridine rings is 1. The van der Waals surface area contributed by atoms with Crippen LogP contribution in [0.4, 0.5) is 17.6 Å². The number of hydrogen-bond acceptors (Lipinski definition) is 6. The van der Waals surface area contributed by atoms with Crippen molar-refractivity contribution >= 4 is 23.7 Å². The Labute approximate surface area is 199 Å². The highest BCUT2D eigenvalue weighted by atomic mass is 19.4. The van der Waals surface area contributed by atoms with E-state index in [4.69, 9.17) is 14.9 Å². The maximum Gasteiger partial charge on any atom is 0.416 e. The fourth-order valence-electron chi connectivity index (χ4n) is 2.97. The van der Waals surface area contributed by atoms with Crippen LogP contribution in [0.15, 0.2) is 45.3 Å². The largest absolute Gasteiger partial charge is 0.478 e. The summed E-state index contributed by atoms with van der Waals surface area (Å²) in [5.74, 6) is -1.15. The molecule has 0 aliphatic carbocycles. The Kier molecular flexibility index (Phi) is 8.50. The summed E-state index contributed by atoms with van der Waals surface area (Å²) in [6.07, 6.45) is -2.05. The fraction of sp³-hybridized carbons (Fsp3) is 0.348. The molecular weight excluding hydrogens is 468 g/mol. The molecule has 0 saturated heterocycles. The molecule has 0 radical (unpaired) electrons. The molecule has 8 nitrogen and oxygen atoms in total. The highest BCUT2D eigenvalue weighted by molar-refractivity contribution is 6.69. The molecule has 2 aromatic rings. The molecule has 2 heterocycles. The van der Waals surface area contributed by atoms with Crippen molar-refractivity contribution in [2.75, 3.05) is 19.7 Å². The Morgan fingerprint density at radius 3 is 2.51 bits per heavy atom. The van der Waals surface area contributed by atoms with Gasteiger partial charge in [-0.25, -0.2) is 9.38 Å². The molecule has 186 valence electrons. The summed E-state index contributed by atoms with van der Waals surface area (Å²) < 4.78 is 64.4. The lowest BCUT2D eigenvalue weighted by Gasteiger charge is -2.13. The second kappa shape index (κ2) is 11.5. The third-order valence-corrected chi connectivity index (χ3v) is 4.61. The van der Waals surface area contributed by atoms with Crippen molar-refractivity contribution < 1.29 is 27.0 Å². The van der Waals surface area contributed by atoms with Crippen LogP contribution in [0.3, 0.4) is 0 Å². The Bertz CT molecular complexity index is 1160. The molecule has 1 aromatic carbocycles. The normalized spacial score (nSPS) is 16.0. The zero-order valence-corrected chi connectivity index (χ0v) is 19.1. The number of amidine groups is 2. The minimum atomic E-state index is -4.64. The van der Waals surface area contributed by atoms with Gasteiger partial charge in [-0.1, -0.05) is 13.0 Å². The van der Waals surface area contributed by atoms with Crippen LogP contribution in [-0.2, 0) is 12.6 Å². The predicted molar refractivity (Wildman–Crippen MR) is 125 cm³/mol. The van der Waals surface area contributed by atoms with Crippen molar-refractivity contribution in [1.29, 1.82) is 5.41 Å². The number of rotatable bonds is 9. The van der Waals surface area contributed by atoms with E-state index < -0.39 is 23.4 Å². The van der Waals surface area contributed by atoms with E-state index in [1.54, 1.807) is 13.0 Å². The zero-order chi connectivity index (χ0) is 25.4. The van der Waals surface area contributed by atoms with Crippen LogP contribution < -0.4 is 14.8 Å². The Balaban J connectivity index is 1.69. The zero-order valence-electron chi connectivity index (χ0n) is 19.1. The van der Waals surface area contributed by atoms with Gasteiger partial charge in [-0.3, -0.25) is 15.4 Å². The van der Waals surface area contributed by atoms with E-state index >= 15 is 0 Å². The molecule has 0 bridgehead atoms. The molecule has 0 unspecified atom stereocenters. The molecule has 35 heavy (non-hydrogen) atoms. The van der Waals surface area contributed by atoms with Crippen LogP contribution in [0.25, 0.3) is 0 Å². The Hall–Kier alpha value is -3.83. The summed E-state index contributed by atoms with van der Waals surface area (Å²) in [5, 5.41) is 10.9. The Morgan fingerprint density at radius 2 is 1.83 bits per heavy atom. The molecule has 0 spiro atoms. The van der Waals surface area contributed by atoms with Gasteiger partial charge in [0, 0.05) is 25.2 Å². The molecule has 3 rings (SSSR count). The highest BCUT2D eigenvalue weighted by Crippen LogP contribution is 2.35. The van der Waals surface area contributed by atoms with E-state index in [9.17, 15) is 17.6 Å². The van der Waals surface area contributed by atoms with Gasteiger partial charge in [0.1, 0.15) is 5.71 Å². The molecule has 0 amide bonds. The minimum Gasteiger partial charge on any atom is -0.478 e. The molecule has 12 heteroatoms. The second-order valence-corrected chi connectivity index (χ2v) is 7.29. The van der Waals surface area contributed by atoms with Gasteiger partial charge in [-0.2, -0.15) is 18.2 Å². The first-order valence-corrected chi connectivity index (χ1v) is 10.9. The first-order chi connectivity index (χ1) is 16.7. The van der Waals surface area contributed by atoms with Gasteiger partial charge >= 0.3 is 6.18 Å². The van der Waals surface area contributed by atoms with E-state index in [-0.39, 0.29) is 30.5 Å². The Morgan fingerprint density at radius 1 is 1.06 bits per heavy atom. The number of ether oxygens (including phenoxy) is 2. The fourth-order valence-corrected chi connectivity index (χ4v) is 2.97. The summed E-state index contributed by atoms with van der Waals surface area (Å²) in [5.41, 5.74) is -0.352. The smallest absolute Gasteiger partial charge is 0.416 e. The van der Waals surface area contributed by atoms with E-state index in [1.165, 1.54) is 18.5 Å². The molecule has 1 aromatic heterocycles. The van der Waals surface area contributed by atoms with Gasteiger partial charge < -0.3 is 14.8 Å². The lowest BCUT2D eigenvalue weighted by Crippen LogP contribution is -2.39. The summed E-state index contributed by atoms with van der Waals surface area (Å²) >= 11 is 0. The van der Waals surface area contributed by atoms with Gasteiger partial charge in [-0.05, 0) is 37.5 Å². The SMILES string of the molecule is CCCN=C1N=CNC(=NCCc2ccc(Oc3cc(C(F)(F)F)cc(OCC)n3)c(F)c2)C1=N. The van der Waals surface area contributed by atoms with Crippen molar-refractivity contribution in [2.24, 2.45) is 15.0 Å². The number of nitrogens with zero attached hydrogens (tertiary/aromatic N) is 4. The van der Waals surface area contributed by atoms with Crippen LogP contribution in [0.2, 0.25) is 0 Å².